The van der Waals surface area contributed by atoms with Crippen molar-refractivity contribution in [2.75, 3.05) is 17.7 Å². The van der Waals surface area contributed by atoms with E-state index in [9.17, 15) is 0 Å². The lowest BCUT2D eigenvalue weighted by Gasteiger charge is -2.19. The molecule has 0 fully saturated rings. The molecule has 1 heterocycles. The second-order valence-electron chi connectivity index (χ2n) is 3.36. The zero-order valence-corrected chi connectivity index (χ0v) is 8.59. The number of aromatic nitrogens is 1. The number of hydrogen-bond donors (Lipinski definition) is 1. The average molecular weight is 199 g/mol. The number of hydrogen-bond acceptors (Lipinski definition) is 3. The largest absolute Gasteiger partial charge is 0.399 e. The molecular formula is C12H13N3. The van der Waals surface area contributed by atoms with E-state index in [4.69, 9.17) is 5.73 Å². The molecule has 76 valence electrons. The van der Waals surface area contributed by atoms with E-state index in [0.717, 1.165) is 17.1 Å². The predicted molar refractivity (Wildman–Crippen MR) is 63.2 cm³/mol. The van der Waals surface area contributed by atoms with Crippen LogP contribution in [-0.4, -0.2) is 12.0 Å². The van der Waals surface area contributed by atoms with Crippen LogP contribution in [0.3, 0.4) is 0 Å². The van der Waals surface area contributed by atoms with Gasteiger partial charge in [0.25, 0.3) is 0 Å². The van der Waals surface area contributed by atoms with Gasteiger partial charge in [-0.1, -0.05) is 6.07 Å². The average Bonchev–Trinajstić information content (AvgIpc) is 2.29. The molecule has 0 aliphatic heterocycles. The normalized spacial score (nSPS) is 9.93. The Labute approximate surface area is 89.2 Å². The Kier molecular flexibility index (Phi) is 2.54. The predicted octanol–water partition coefficient (Wildman–Crippen LogP) is 2.43. The molecule has 0 aliphatic carbocycles. The molecule has 15 heavy (non-hydrogen) atoms. The van der Waals surface area contributed by atoms with Gasteiger partial charge in [-0.3, -0.25) is 4.98 Å². The van der Waals surface area contributed by atoms with Gasteiger partial charge in [-0.05, 0) is 30.3 Å². The summed E-state index contributed by atoms with van der Waals surface area (Å²) in [5.41, 5.74) is 8.67. The first-order chi connectivity index (χ1) is 7.27. The van der Waals surface area contributed by atoms with E-state index in [-0.39, 0.29) is 0 Å². The van der Waals surface area contributed by atoms with E-state index in [0.29, 0.717) is 0 Å². The van der Waals surface area contributed by atoms with Gasteiger partial charge in [-0.15, -0.1) is 0 Å². The Bertz CT molecular complexity index is 440. The monoisotopic (exact) mass is 199 g/mol. The standard InChI is InChI=1S/C12H13N3/c1-15(11-5-7-14-8-6-11)12-4-2-3-10(13)9-12/h2-9H,13H2,1H3. The summed E-state index contributed by atoms with van der Waals surface area (Å²) in [5, 5.41) is 0. The highest BCUT2D eigenvalue weighted by Gasteiger charge is 2.02. The van der Waals surface area contributed by atoms with Gasteiger partial charge in [0.05, 0.1) is 0 Å². The number of anilines is 3. The SMILES string of the molecule is CN(c1ccncc1)c1cccc(N)c1. The number of nitrogens with zero attached hydrogens (tertiary/aromatic N) is 2. The molecule has 0 saturated carbocycles. The summed E-state index contributed by atoms with van der Waals surface area (Å²) >= 11 is 0. The van der Waals surface area contributed by atoms with Crippen molar-refractivity contribution in [3.05, 3.63) is 48.8 Å². The van der Waals surface area contributed by atoms with E-state index >= 15 is 0 Å². The summed E-state index contributed by atoms with van der Waals surface area (Å²) in [6.45, 7) is 0. The molecule has 3 heteroatoms. The zero-order chi connectivity index (χ0) is 10.7. The Morgan fingerprint density at radius 2 is 1.80 bits per heavy atom. The van der Waals surface area contributed by atoms with E-state index in [1.165, 1.54) is 0 Å². The lowest BCUT2D eigenvalue weighted by Crippen LogP contribution is -2.09. The van der Waals surface area contributed by atoms with Gasteiger partial charge in [-0.2, -0.15) is 0 Å². The molecule has 2 aromatic rings. The molecule has 0 saturated heterocycles. The van der Waals surface area contributed by atoms with Crippen molar-refractivity contribution in [2.24, 2.45) is 0 Å². The Morgan fingerprint density at radius 3 is 2.47 bits per heavy atom. The molecule has 0 unspecified atom stereocenters. The maximum atomic E-state index is 5.74. The molecule has 1 aromatic carbocycles. The van der Waals surface area contributed by atoms with Crippen LogP contribution in [0.4, 0.5) is 17.1 Å². The molecule has 0 amide bonds. The fraction of sp³-hybridized carbons (Fsp3) is 0.0833. The number of pyridine rings is 1. The molecular weight excluding hydrogens is 186 g/mol. The van der Waals surface area contributed by atoms with Crippen LogP contribution in [0.1, 0.15) is 0 Å². The summed E-state index contributed by atoms with van der Waals surface area (Å²) in [4.78, 5) is 6.06. The summed E-state index contributed by atoms with van der Waals surface area (Å²) in [7, 11) is 2.00. The van der Waals surface area contributed by atoms with E-state index in [2.05, 4.69) is 9.88 Å². The molecule has 0 bridgehead atoms. The van der Waals surface area contributed by atoms with Crippen LogP contribution in [0.25, 0.3) is 0 Å². The second-order valence-corrected chi connectivity index (χ2v) is 3.36. The first-order valence-electron chi connectivity index (χ1n) is 4.76. The minimum absolute atomic E-state index is 0.772. The number of rotatable bonds is 2. The van der Waals surface area contributed by atoms with Crippen molar-refractivity contribution < 1.29 is 0 Å². The summed E-state index contributed by atoms with van der Waals surface area (Å²) in [6.07, 6.45) is 3.55. The maximum Gasteiger partial charge on any atom is 0.0438 e. The lowest BCUT2D eigenvalue weighted by atomic mass is 10.2. The highest BCUT2D eigenvalue weighted by molar-refractivity contribution is 5.65. The van der Waals surface area contributed by atoms with Crippen LogP contribution in [-0.2, 0) is 0 Å². The molecule has 2 N–H and O–H groups in total. The molecule has 2 rings (SSSR count). The van der Waals surface area contributed by atoms with Gasteiger partial charge in [-0.25, -0.2) is 0 Å². The number of nitrogen functional groups attached to an aromatic ring is 1. The topological polar surface area (TPSA) is 42.2 Å². The van der Waals surface area contributed by atoms with E-state index < -0.39 is 0 Å². The Balaban J connectivity index is 2.32. The molecule has 0 radical (unpaired) electrons. The van der Waals surface area contributed by atoms with Gasteiger partial charge in [0.1, 0.15) is 0 Å². The van der Waals surface area contributed by atoms with Crippen LogP contribution in [0.15, 0.2) is 48.8 Å². The fourth-order valence-electron chi connectivity index (χ4n) is 1.45. The van der Waals surface area contributed by atoms with E-state index in [1.807, 2.05) is 43.4 Å². The van der Waals surface area contributed by atoms with Crippen molar-refractivity contribution in [2.45, 2.75) is 0 Å². The Hall–Kier alpha value is -2.03. The van der Waals surface area contributed by atoms with Crippen molar-refractivity contribution in [1.29, 1.82) is 0 Å². The van der Waals surface area contributed by atoms with Crippen LogP contribution in [0, 0.1) is 0 Å². The lowest BCUT2D eigenvalue weighted by molar-refractivity contribution is 1.19. The highest BCUT2D eigenvalue weighted by Crippen LogP contribution is 2.23. The first kappa shape index (κ1) is 9.52. The van der Waals surface area contributed by atoms with E-state index in [1.54, 1.807) is 12.4 Å². The number of benzene rings is 1. The van der Waals surface area contributed by atoms with Crippen molar-refractivity contribution in [1.82, 2.24) is 4.98 Å². The summed E-state index contributed by atoms with van der Waals surface area (Å²) in [5.74, 6) is 0. The summed E-state index contributed by atoms with van der Waals surface area (Å²) < 4.78 is 0. The van der Waals surface area contributed by atoms with Crippen LogP contribution >= 0.6 is 0 Å². The minimum Gasteiger partial charge on any atom is -0.399 e. The highest BCUT2D eigenvalue weighted by atomic mass is 15.1. The van der Waals surface area contributed by atoms with Crippen LogP contribution < -0.4 is 10.6 Å². The quantitative estimate of drug-likeness (QED) is 0.755. The van der Waals surface area contributed by atoms with Gasteiger partial charge in [0.2, 0.25) is 0 Å². The maximum absolute atomic E-state index is 5.74. The fourth-order valence-corrected chi connectivity index (χ4v) is 1.45. The third-order valence-corrected chi connectivity index (χ3v) is 2.31. The summed E-state index contributed by atoms with van der Waals surface area (Å²) in [6, 6.07) is 11.7. The Morgan fingerprint density at radius 1 is 1.07 bits per heavy atom. The van der Waals surface area contributed by atoms with Gasteiger partial charge >= 0.3 is 0 Å². The third kappa shape index (κ3) is 2.07. The van der Waals surface area contributed by atoms with Crippen molar-refractivity contribution in [3.8, 4) is 0 Å². The van der Waals surface area contributed by atoms with Crippen molar-refractivity contribution in [3.63, 3.8) is 0 Å². The molecule has 0 atom stereocenters. The van der Waals surface area contributed by atoms with Crippen molar-refractivity contribution >= 4 is 17.1 Å². The van der Waals surface area contributed by atoms with Crippen LogP contribution in [0.2, 0.25) is 0 Å². The molecule has 3 nitrogen and oxygen atoms in total. The van der Waals surface area contributed by atoms with Gasteiger partial charge in [0, 0.05) is 36.5 Å². The minimum atomic E-state index is 0.772. The first-order valence-corrected chi connectivity index (χ1v) is 4.76. The van der Waals surface area contributed by atoms with Gasteiger partial charge in [0.15, 0.2) is 0 Å². The molecule has 1 aromatic heterocycles. The smallest absolute Gasteiger partial charge is 0.0438 e. The van der Waals surface area contributed by atoms with Gasteiger partial charge < -0.3 is 10.6 Å². The van der Waals surface area contributed by atoms with Crippen LogP contribution in [0.5, 0.6) is 0 Å². The zero-order valence-electron chi connectivity index (χ0n) is 8.59. The third-order valence-electron chi connectivity index (χ3n) is 2.31. The molecule has 0 aliphatic rings. The number of nitrogens with two attached hydrogens (primary N) is 1. The second kappa shape index (κ2) is 4.00. The molecule has 0 spiro atoms.